The summed E-state index contributed by atoms with van der Waals surface area (Å²) in [7, 11) is 0. The number of nitrogens with one attached hydrogen (secondary N) is 1. The van der Waals surface area contributed by atoms with Crippen molar-refractivity contribution < 1.29 is 14.7 Å². The number of unbranched alkanes of at least 4 members (excludes halogenated alkanes) is 1. The lowest BCUT2D eigenvalue weighted by molar-refractivity contribution is -0.138. The Morgan fingerprint density at radius 1 is 1.13 bits per heavy atom. The van der Waals surface area contributed by atoms with Crippen LogP contribution in [0.15, 0.2) is 42.5 Å². The van der Waals surface area contributed by atoms with Crippen molar-refractivity contribution in [1.29, 1.82) is 5.41 Å². The molecule has 1 aliphatic carbocycles. The summed E-state index contributed by atoms with van der Waals surface area (Å²) in [5, 5.41) is 16.6. The van der Waals surface area contributed by atoms with Crippen LogP contribution in [0.25, 0.3) is 0 Å². The number of nitrogen functional groups attached to an aromatic ring is 1. The predicted molar refractivity (Wildman–Crippen MR) is 118 cm³/mol. The van der Waals surface area contributed by atoms with Crippen LogP contribution in [0.1, 0.15) is 59.7 Å². The molecular formula is C24H29N3O3. The number of carbonyl (C=O) groups excluding carboxylic acids is 1. The molecule has 1 aliphatic rings. The van der Waals surface area contributed by atoms with Crippen LogP contribution in [-0.2, 0) is 17.6 Å². The molecule has 0 fully saturated rings. The van der Waals surface area contributed by atoms with E-state index in [0.717, 1.165) is 43.4 Å². The van der Waals surface area contributed by atoms with Crippen LogP contribution in [0.4, 0.5) is 5.69 Å². The standard InChI is InChI=1S/C24H29N3O3/c1-2-3-12-27(24(30)19-8-6-18(7-9-19)23(25)26)21-11-10-17-5-4-16(14-22(28)29)13-20(17)15-21/h6-11,15-16H,2-5,12-14H2,1H3,(H3,25,26)(H,28,29). The van der Waals surface area contributed by atoms with Gasteiger partial charge in [-0.3, -0.25) is 15.0 Å². The van der Waals surface area contributed by atoms with Gasteiger partial charge in [0.2, 0.25) is 0 Å². The number of nitrogens with zero attached hydrogens (tertiary/aromatic N) is 1. The van der Waals surface area contributed by atoms with E-state index >= 15 is 0 Å². The normalized spacial score (nSPS) is 15.3. The number of fused-ring (bicyclic) bond motifs is 1. The van der Waals surface area contributed by atoms with E-state index in [1.165, 1.54) is 5.56 Å². The average molecular weight is 408 g/mol. The maximum atomic E-state index is 13.3. The van der Waals surface area contributed by atoms with E-state index in [-0.39, 0.29) is 24.1 Å². The number of carboxylic acids is 1. The molecule has 0 aliphatic heterocycles. The van der Waals surface area contributed by atoms with Crippen LogP contribution in [0.5, 0.6) is 0 Å². The van der Waals surface area contributed by atoms with Crippen molar-refractivity contribution in [2.24, 2.45) is 11.7 Å². The monoisotopic (exact) mass is 407 g/mol. The van der Waals surface area contributed by atoms with Gasteiger partial charge in [0.05, 0.1) is 0 Å². The number of hydrogen-bond donors (Lipinski definition) is 3. The third-order valence-electron chi connectivity index (χ3n) is 5.72. The van der Waals surface area contributed by atoms with E-state index in [1.54, 1.807) is 29.2 Å². The number of carboxylic acid groups (broad SMARTS) is 1. The molecule has 0 spiro atoms. The Kier molecular flexibility index (Phi) is 6.87. The zero-order chi connectivity index (χ0) is 21.7. The summed E-state index contributed by atoms with van der Waals surface area (Å²) in [6.45, 7) is 2.70. The molecule has 2 aromatic rings. The molecule has 0 radical (unpaired) electrons. The Morgan fingerprint density at radius 3 is 2.47 bits per heavy atom. The largest absolute Gasteiger partial charge is 0.481 e. The molecule has 1 amide bonds. The van der Waals surface area contributed by atoms with Gasteiger partial charge in [0, 0.05) is 29.8 Å². The van der Waals surface area contributed by atoms with Crippen molar-refractivity contribution in [2.45, 2.75) is 45.4 Å². The quantitative estimate of drug-likeness (QED) is 0.454. The number of aliphatic carboxylic acids is 1. The molecule has 3 rings (SSSR count). The number of anilines is 1. The Bertz CT molecular complexity index is 937. The number of benzene rings is 2. The fraction of sp³-hybridized carbons (Fsp3) is 0.375. The van der Waals surface area contributed by atoms with Gasteiger partial charge in [0.15, 0.2) is 0 Å². The Hall–Kier alpha value is -3.15. The first-order chi connectivity index (χ1) is 14.4. The first-order valence-electron chi connectivity index (χ1n) is 10.5. The second-order valence-corrected chi connectivity index (χ2v) is 7.96. The number of aryl methyl sites for hydroxylation is 1. The smallest absolute Gasteiger partial charge is 0.303 e. The van der Waals surface area contributed by atoms with E-state index in [4.69, 9.17) is 16.2 Å². The van der Waals surface area contributed by atoms with Crippen molar-refractivity contribution in [2.75, 3.05) is 11.4 Å². The number of hydrogen-bond acceptors (Lipinski definition) is 3. The van der Waals surface area contributed by atoms with Gasteiger partial charge in [0.25, 0.3) is 5.91 Å². The summed E-state index contributed by atoms with van der Waals surface area (Å²) in [5.74, 6) is -0.726. The minimum absolute atomic E-state index is 0.0255. The zero-order valence-electron chi connectivity index (χ0n) is 17.4. The minimum atomic E-state index is -0.756. The van der Waals surface area contributed by atoms with Crippen LogP contribution in [-0.4, -0.2) is 29.4 Å². The second-order valence-electron chi connectivity index (χ2n) is 7.96. The lowest BCUT2D eigenvalue weighted by Crippen LogP contribution is -2.32. The number of rotatable bonds is 8. The zero-order valence-corrected chi connectivity index (χ0v) is 17.4. The molecule has 30 heavy (non-hydrogen) atoms. The van der Waals surface area contributed by atoms with Gasteiger partial charge in [-0.05, 0) is 67.0 Å². The third-order valence-corrected chi connectivity index (χ3v) is 5.72. The number of amidine groups is 1. The summed E-state index contributed by atoms with van der Waals surface area (Å²) in [6, 6.07) is 12.9. The van der Waals surface area contributed by atoms with Gasteiger partial charge in [-0.1, -0.05) is 31.5 Å². The van der Waals surface area contributed by atoms with Crippen molar-refractivity contribution in [3.63, 3.8) is 0 Å². The molecule has 6 heteroatoms. The predicted octanol–water partition coefficient (Wildman–Crippen LogP) is 4.00. The molecule has 1 unspecified atom stereocenters. The van der Waals surface area contributed by atoms with Crippen molar-refractivity contribution in [1.82, 2.24) is 0 Å². The van der Waals surface area contributed by atoms with E-state index in [1.807, 2.05) is 6.07 Å². The van der Waals surface area contributed by atoms with Crippen LogP contribution in [0, 0.1) is 11.3 Å². The van der Waals surface area contributed by atoms with E-state index in [0.29, 0.717) is 17.7 Å². The maximum absolute atomic E-state index is 13.3. The molecule has 2 aromatic carbocycles. The third kappa shape index (κ3) is 5.06. The summed E-state index contributed by atoms with van der Waals surface area (Å²) in [6.07, 6.45) is 4.54. The van der Waals surface area contributed by atoms with Crippen LogP contribution < -0.4 is 10.6 Å². The highest BCUT2D eigenvalue weighted by Gasteiger charge is 2.23. The lowest BCUT2D eigenvalue weighted by atomic mass is 9.82. The summed E-state index contributed by atoms with van der Waals surface area (Å²) < 4.78 is 0. The number of nitrogens with two attached hydrogens (primary N) is 1. The Morgan fingerprint density at radius 2 is 1.83 bits per heavy atom. The molecule has 1 atom stereocenters. The summed E-state index contributed by atoms with van der Waals surface area (Å²) >= 11 is 0. The van der Waals surface area contributed by atoms with Crippen LogP contribution in [0.3, 0.4) is 0 Å². The molecule has 0 saturated carbocycles. The second kappa shape index (κ2) is 9.57. The Balaban J connectivity index is 1.87. The minimum Gasteiger partial charge on any atom is -0.481 e. The maximum Gasteiger partial charge on any atom is 0.303 e. The van der Waals surface area contributed by atoms with Crippen molar-refractivity contribution >= 4 is 23.4 Å². The van der Waals surface area contributed by atoms with Crippen molar-refractivity contribution in [3.8, 4) is 0 Å². The molecule has 6 nitrogen and oxygen atoms in total. The first-order valence-corrected chi connectivity index (χ1v) is 10.5. The SMILES string of the molecule is CCCCN(C(=O)c1ccc(C(=N)N)cc1)c1ccc2c(c1)CC(CC(=O)O)CC2. The summed E-state index contributed by atoms with van der Waals surface area (Å²) in [4.78, 5) is 26.2. The topological polar surface area (TPSA) is 107 Å². The lowest BCUT2D eigenvalue weighted by Gasteiger charge is -2.27. The molecule has 158 valence electrons. The molecular weight excluding hydrogens is 378 g/mol. The number of carbonyl (C=O) groups is 2. The molecule has 0 aromatic heterocycles. The first kappa shape index (κ1) is 21.6. The average Bonchev–Trinajstić information content (AvgIpc) is 2.73. The molecule has 0 bridgehead atoms. The molecule has 4 N–H and O–H groups in total. The van der Waals surface area contributed by atoms with Crippen LogP contribution >= 0.6 is 0 Å². The van der Waals surface area contributed by atoms with E-state index < -0.39 is 5.97 Å². The van der Waals surface area contributed by atoms with Crippen molar-refractivity contribution in [3.05, 3.63) is 64.7 Å². The van der Waals surface area contributed by atoms with Gasteiger partial charge >= 0.3 is 5.97 Å². The highest BCUT2D eigenvalue weighted by Crippen LogP contribution is 2.31. The van der Waals surface area contributed by atoms with Gasteiger partial charge in [-0.25, -0.2) is 0 Å². The van der Waals surface area contributed by atoms with Gasteiger partial charge in [-0.2, -0.15) is 0 Å². The Labute approximate surface area is 177 Å². The summed E-state index contributed by atoms with van der Waals surface area (Å²) in [5.41, 5.74) is 9.89. The van der Waals surface area contributed by atoms with E-state index in [9.17, 15) is 9.59 Å². The van der Waals surface area contributed by atoms with E-state index in [2.05, 4.69) is 19.1 Å². The highest BCUT2D eigenvalue weighted by molar-refractivity contribution is 6.06. The van der Waals surface area contributed by atoms with Crippen LogP contribution in [0.2, 0.25) is 0 Å². The highest BCUT2D eigenvalue weighted by atomic mass is 16.4. The fourth-order valence-electron chi connectivity index (χ4n) is 4.02. The van der Waals surface area contributed by atoms with Gasteiger partial charge < -0.3 is 15.7 Å². The molecule has 0 heterocycles. The van der Waals surface area contributed by atoms with Gasteiger partial charge in [-0.15, -0.1) is 0 Å². The van der Waals surface area contributed by atoms with Gasteiger partial charge in [0.1, 0.15) is 5.84 Å². The fourth-order valence-corrected chi connectivity index (χ4v) is 4.02. The number of amides is 1. The molecule has 0 saturated heterocycles.